The van der Waals surface area contributed by atoms with Crippen molar-refractivity contribution in [2.45, 2.75) is 20.1 Å². The van der Waals surface area contributed by atoms with Gasteiger partial charge in [-0.05, 0) is 24.3 Å². The van der Waals surface area contributed by atoms with Gasteiger partial charge in [-0.2, -0.15) is 0 Å². The summed E-state index contributed by atoms with van der Waals surface area (Å²) in [5.41, 5.74) is 1.91. The molecule has 1 atom stereocenters. The summed E-state index contributed by atoms with van der Waals surface area (Å²) in [7, 11) is 0. The highest BCUT2D eigenvalue weighted by Gasteiger charge is 2.25. The minimum Gasteiger partial charge on any atom is -0.436 e. The number of nitrogens with zero attached hydrogens (tertiary/aromatic N) is 3. The van der Waals surface area contributed by atoms with Gasteiger partial charge in [0.1, 0.15) is 5.52 Å². The minimum atomic E-state index is -0.564. The molecule has 3 aromatic rings. The summed E-state index contributed by atoms with van der Waals surface area (Å²) in [6.07, 6.45) is -0.564. The molecule has 1 aromatic heterocycles. The monoisotopic (exact) mass is 329 g/mol. The minimum absolute atomic E-state index is 0.0199. The van der Waals surface area contributed by atoms with Gasteiger partial charge in [-0.3, -0.25) is 0 Å². The van der Waals surface area contributed by atoms with Crippen LogP contribution in [-0.4, -0.2) is 21.0 Å². The van der Waals surface area contributed by atoms with Gasteiger partial charge in [-0.1, -0.05) is 54.9 Å². The van der Waals surface area contributed by atoms with Crippen LogP contribution in [0.2, 0.25) is 5.02 Å². The summed E-state index contributed by atoms with van der Waals surface area (Å²) < 4.78 is 7.30. The Bertz CT molecular complexity index is 844. The van der Waals surface area contributed by atoms with Gasteiger partial charge in [0, 0.05) is 5.92 Å². The lowest BCUT2D eigenvalue weighted by Gasteiger charge is -2.22. The van der Waals surface area contributed by atoms with E-state index in [1.807, 2.05) is 38.1 Å². The smallest absolute Gasteiger partial charge is 0.341 e. The van der Waals surface area contributed by atoms with Crippen molar-refractivity contribution in [2.75, 3.05) is 0 Å². The Balaban J connectivity index is 1.94. The lowest BCUT2D eigenvalue weighted by Crippen LogP contribution is -2.23. The van der Waals surface area contributed by atoms with E-state index in [1.165, 1.54) is 0 Å². The predicted octanol–water partition coefficient (Wildman–Crippen LogP) is 4.10. The van der Waals surface area contributed by atoms with Crippen LogP contribution in [0.3, 0.4) is 0 Å². The Labute approximate surface area is 138 Å². The molecule has 0 spiro atoms. The molecule has 23 heavy (non-hydrogen) atoms. The molecule has 0 aliphatic heterocycles. The molecule has 0 radical (unpaired) electrons. The van der Waals surface area contributed by atoms with Crippen molar-refractivity contribution >= 4 is 28.6 Å². The van der Waals surface area contributed by atoms with Crippen molar-refractivity contribution in [3.8, 4) is 0 Å². The second kappa shape index (κ2) is 6.38. The number of hydrogen-bond donors (Lipinski definition) is 0. The normalized spacial score (nSPS) is 12.5. The predicted molar refractivity (Wildman–Crippen MR) is 88.3 cm³/mol. The fourth-order valence-electron chi connectivity index (χ4n) is 2.34. The zero-order chi connectivity index (χ0) is 16.4. The Morgan fingerprint density at radius 1 is 1.13 bits per heavy atom. The van der Waals surface area contributed by atoms with Crippen molar-refractivity contribution in [1.82, 2.24) is 15.0 Å². The number of benzene rings is 2. The molecule has 3 rings (SSSR count). The molecule has 1 heterocycles. The number of esters is 1. The number of ether oxygens (including phenoxy) is 1. The number of rotatable bonds is 4. The summed E-state index contributed by atoms with van der Waals surface area (Å²) in [6.45, 7) is 3.92. The molecule has 0 fully saturated rings. The van der Waals surface area contributed by atoms with Crippen LogP contribution in [0.25, 0.3) is 11.0 Å². The van der Waals surface area contributed by atoms with Crippen LogP contribution in [0.1, 0.15) is 30.4 Å². The van der Waals surface area contributed by atoms with E-state index in [9.17, 15) is 4.79 Å². The molecule has 0 saturated carbocycles. The topological polar surface area (TPSA) is 57.0 Å². The van der Waals surface area contributed by atoms with E-state index < -0.39 is 12.2 Å². The number of carbonyl (C=O) groups is 1. The fourth-order valence-corrected chi connectivity index (χ4v) is 2.56. The summed E-state index contributed by atoms with van der Waals surface area (Å²) >= 11 is 6.07. The quantitative estimate of drug-likeness (QED) is 0.676. The molecule has 0 aliphatic rings. The Kier molecular flexibility index (Phi) is 4.30. The lowest BCUT2D eigenvalue weighted by atomic mass is 10.1. The SMILES string of the molecule is CC(C)C(OC(=O)c1ccccc1Cl)n1nnc2ccccc21. The van der Waals surface area contributed by atoms with Crippen LogP contribution >= 0.6 is 11.6 Å². The molecule has 2 aromatic carbocycles. The summed E-state index contributed by atoms with van der Waals surface area (Å²) in [6, 6.07) is 14.4. The first-order valence-corrected chi connectivity index (χ1v) is 7.71. The first kappa shape index (κ1) is 15.5. The van der Waals surface area contributed by atoms with Gasteiger partial charge < -0.3 is 4.74 Å². The molecule has 0 N–H and O–H groups in total. The third-order valence-corrected chi connectivity index (χ3v) is 3.84. The van der Waals surface area contributed by atoms with Crippen LogP contribution < -0.4 is 0 Å². The average Bonchev–Trinajstić information content (AvgIpc) is 2.96. The van der Waals surface area contributed by atoms with Gasteiger partial charge in [0.25, 0.3) is 0 Å². The van der Waals surface area contributed by atoms with E-state index in [4.69, 9.17) is 16.3 Å². The molecular formula is C17H16ClN3O2. The zero-order valence-corrected chi connectivity index (χ0v) is 13.6. The molecule has 5 nitrogen and oxygen atoms in total. The summed E-state index contributed by atoms with van der Waals surface area (Å²) in [4.78, 5) is 12.4. The molecule has 0 bridgehead atoms. The highest BCUT2D eigenvalue weighted by molar-refractivity contribution is 6.33. The van der Waals surface area contributed by atoms with Crippen molar-refractivity contribution in [3.05, 3.63) is 59.1 Å². The van der Waals surface area contributed by atoms with E-state index in [0.717, 1.165) is 11.0 Å². The van der Waals surface area contributed by atoms with E-state index in [0.29, 0.717) is 10.6 Å². The molecule has 0 aliphatic carbocycles. The Morgan fingerprint density at radius 3 is 2.57 bits per heavy atom. The number of fused-ring (bicyclic) bond motifs is 1. The maximum absolute atomic E-state index is 12.4. The van der Waals surface area contributed by atoms with Gasteiger partial charge in [0.15, 0.2) is 6.23 Å². The second-order valence-corrected chi connectivity index (χ2v) is 5.95. The first-order chi connectivity index (χ1) is 11.1. The Morgan fingerprint density at radius 2 is 1.83 bits per heavy atom. The zero-order valence-electron chi connectivity index (χ0n) is 12.8. The van der Waals surface area contributed by atoms with Gasteiger partial charge >= 0.3 is 5.97 Å². The average molecular weight is 330 g/mol. The van der Waals surface area contributed by atoms with Crippen LogP contribution in [-0.2, 0) is 4.74 Å². The van der Waals surface area contributed by atoms with Crippen molar-refractivity contribution in [3.63, 3.8) is 0 Å². The number of halogens is 1. The summed E-state index contributed by atoms with van der Waals surface area (Å²) in [5.74, 6) is -0.458. The molecule has 0 saturated heterocycles. The lowest BCUT2D eigenvalue weighted by molar-refractivity contribution is -0.0133. The first-order valence-electron chi connectivity index (χ1n) is 7.33. The number of aromatic nitrogens is 3. The molecule has 1 unspecified atom stereocenters. The van der Waals surface area contributed by atoms with Crippen LogP contribution in [0, 0.1) is 5.92 Å². The van der Waals surface area contributed by atoms with Gasteiger partial charge in [-0.15, -0.1) is 5.10 Å². The maximum atomic E-state index is 12.4. The second-order valence-electron chi connectivity index (χ2n) is 5.54. The highest BCUT2D eigenvalue weighted by atomic mass is 35.5. The van der Waals surface area contributed by atoms with Crippen molar-refractivity contribution < 1.29 is 9.53 Å². The highest BCUT2D eigenvalue weighted by Crippen LogP contribution is 2.26. The molecule has 0 amide bonds. The van der Waals surface area contributed by atoms with Gasteiger partial charge in [-0.25, -0.2) is 9.48 Å². The van der Waals surface area contributed by atoms with E-state index >= 15 is 0 Å². The van der Waals surface area contributed by atoms with Crippen molar-refractivity contribution in [2.24, 2.45) is 5.92 Å². The van der Waals surface area contributed by atoms with E-state index in [2.05, 4.69) is 10.3 Å². The maximum Gasteiger partial charge on any atom is 0.341 e. The molecule has 118 valence electrons. The Hall–Kier alpha value is -2.40. The third-order valence-electron chi connectivity index (χ3n) is 3.51. The molecule has 6 heteroatoms. The van der Waals surface area contributed by atoms with Gasteiger partial charge in [0.2, 0.25) is 0 Å². The number of para-hydroxylation sites is 1. The van der Waals surface area contributed by atoms with Crippen LogP contribution in [0.15, 0.2) is 48.5 Å². The number of hydrogen-bond acceptors (Lipinski definition) is 4. The fraction of sp³-hybridized carbons (Fsp3) is 0.235. The largest absolute Gasteiger partial charge is 0.436 e. The van der Waals surface area contributed by atoms with Crippen LogP contribution in [0.4, 0.5) is 0 Å². The van der Waals surface area contributed by atoms with E-state index in [-0.39, 0.29) is 5.92 Å². The van der Waals surface area contributed by atoms with Crippen LogP contribution in [0.5, 0.6) is 0 Å². The molecular weight excluding hydrogens is 314 g/mol. The summed E-state index contributed by atoms with van der Waals surface area (Å²) in [5, 5.41) is 8.62. The third kappa shape index (κ3) is 3.05. The standard InChI is InChI=1S/C17H16ClN3O2/c1-11(2)16(21-15-10-6-5-9-14(15)19-20-21)23-17(22)12-7-3-4-8-13(12)18/h3-11,16H,1-2H3. The van der Waals surface area contributed by atoms with Gasteiger partial charge in [0.05, 0.1) is 16.1 Å². The van der Waals surface area contributed by atoms with Crippen molar-refractivity contribution in [1.29, 1.82) is 0 Å². The van der Waals surface area contributed by atoms with E-state index in [1.54, 1.807) is 28.9 Å². The number of carbonyl (C=O) groups excluding carboxylic acids is 1.